The van der Waals surface area contributed by atoms with E-state index >= 15 is 0 Å². The maximum absolute atomic E-state index is 5.49. The summed E-state index contributed by atoms with van der Waals surface area (Å²) in [5, 5.41) is 0.834. The van der Waals surface area contributed by atoms with E-state index in [0.29, 0.717) is 6.54 Å². The largest absolute Gasteiger partial charge is 0.326 e. The molecule has 2 heteroatoms. The van der Waals surface area contributed by atoms with Gasteiger partial charge in [0.25, 0.3) is 0 Å². The first-order valence-corrected chi connectivity index (χ1v) is 4.25. The van der Waals surface area contributed by atoms with Gasteiger partial charge in [-0.2, -0.15) is 0 Å². The number of rotatable bonds is 2. The second-order valence-corrected chi connectivity index (χ2v) is 2.57. The Kier molecular flexibility index (Phi) is 2.90. The second-order valence-electron chi connectivity index (χ2n) is 2.01. The van der Waals surface area contributed by atoms with Gasteiger partial charge in [-0.3, -0.25) is 0 Å². The van der Waals surface area contributed by atoms with E-state index in [1.165, 1.54) is 5.56 Å². The van der Waals surface area contributed by atoms with Gasteiger partial charge < -0.3 is 5.73 Å². The van der Waals surface area contributed by atoms with Crippen molar-refractivity contribution in [3.05, 3.63) is 35.4 Å². The Morgan fingerprint density at radius 2 is 2.40 bits per heavy atom. The van der Waals surface area contributed by atoms with E-state index < -0.39 is 0 Å². The van der Waals surface area contributed by atoms with Gasteiger partial charge in [0.05, 0.1) is 0 Å². The molecule has 0 spiro atoms. The van der Waals surface area contributed by atoms with E-state index in [-0.39, 0.29) is 0 Å². The fourth-order valence-electron chi connectivity index (χ4n) is 0.822. The van der Waals surface area contributed by atoms with Gasteiger partial charge in [0.1, 0.15) is 0 Å². The van der Waals surface area contributed by atoms with Crippen LogP contribution in [-0.2, 0) is 11.9 Å². The van der Waals surface area contributed by atoms with Gasteiger partial charge in [0.2, 0.25) is 0 Å². The highest BCUT2D eigenvalue weighted by molar-refractivity contribution is 9.08. The van der Waals surface area contributed by atoms with Crippen LogP contribution in [0.5, 0.6) is 0 Å². The molecule has 1 aromatic rings. The van der Waals surface area contributed by atoms with E-state index in [1.54, 1.807) is 0 Å². The fraction of sp³-hybridized carbons (Fsp3) is 0.250. The summed E-state index contributed by atoms with van der Waals surface area (Å²) in [6.45, 7) is 0.596. The van der Waals surface area contributed by atoms with Crippen LogP contribution in [0.2, 0.25) is 0 Å². The smallest absolute Gasteiger partial charge is 0.0292 e. The fourth-order valence-corrected chi connectivity index (χ4v) is 1.34. The van der Waals surface area contributed by atoms with Crippen molar-refractivity contribution in [2.24, 2.45) is 5.73 Å². The zero-order chi connectivity index (χ0) is 7.40. The molecule has 0 aliphatic rings. The zero-order valence-electron chi connectivity index (χ0n) is 5.60. The maximum atomic E-state index is 5.49. The molecule has 1 rings (SSSR count). The molecular weight excluding hydrogens is 190 g/mol. The van der Waals surface area contributed by atoms with Gasteiger partial charge in [-0.25, -0.2) is 0 Å². The first kappa shape index (κ1) is 7.76. The highest BCUT2D eigenvalue weighted by atomic mass is 79.9. The molecule has 0 amide bonds. The Hall–Kier alpha value is -0.340. The van der Waals surface area contributed by atoms with Crippen LogP contribution in [0.15, 0.2) is 18.2 Å². The summed E-state index contributed by atoms with van der Waals surface area (Å²) >= 11 is 3.36. The summed E-state index contributed by atoms with van der Waals surface area (Å²) in [6.07, 6.45) is 0. The van der Waals surface area contributed by atoms with Crippen LogP contribution in [-0.4, -0.2) is 0 Å². The van der Waals surface area contributed by atoms with Crippen LogP contribution in [0.25, 0.3) is 0 Å². The summed E-state index contributed by atoms with van der Waals surface area (Å²) < 4.78 is 0. The number of halogens is 1. The third-order valence-corrected chi connectivity index (χ3v) is 1.95. The number of nitrogens with two attached hydrogens (primary N) is 1. The van der Waals surface area contributed by atoms with Crippen LogP contribution >= 0.6 is 15.9 Å². The number of benzene rings is 1. The van der Waals surface area contributed by atoms with Gasteiger partial charge in [-0.15, -0.1) is 0 Å². The van der Waals surface area contributed by atoms with Crippen molar-refractivity contribution in [3.63, 3.8) is 0 Å². The number of hydrogen-bond acceptors (Lipinski definition) is 1. The first-order valence-electron chi connectivity index (χ1n) is 3.13. The first-order chi connectivity index (χ1) is 4.88. The van der Waals surface area contributed by atoms with E-state index in [2.05, 4.69) is 22.0 Å². The predicted molar refractivity (Wildman–Crippen MR) is 45.8 cm³/mol. The topological polar surface area (TPSA) is 26.0 Å². The molecule has 0 bridgehead atoms. The Morgan fingerprint density at radius 1 is 1.60 bits per heavy atom. The van der Waals surface area contributed by atoms with Crippen LogP contribution in [0.4, 0.5) is 0 Å². The molecule has 53 valence electrons. The van der Waals surface area contributed by atoms with Crippen LogP contribution in [0.3, 0.4) is 0 Å². The lowest BCUT2D eigenvalue weighted by molar-refractivity contribution is 1.04. The van der Waals surface area contributed by atoms with Crippen molar-refractivity contribution in [2.45, 2.75) is 11.9 Å². The highest BCUT2D eigenvalue weighted by Crippen LogP contribution is 2.10. The molecule has 1 nitrogen and oxygen atoms in total. The van der Waals surface area contributed by atoms with E-state index in [9.17, 15) is 0 Å². The third kappa shape index (κ3) is 1.58. The molecule has 1 aromatic carbocycles. The Balaban J connectivity index is 2.96. The SMILES string of the molecule is NCc1ccc[c]c1CBr. The molecule has 0 aliphatic carbocycles. The molecule has 10 heavy (non-hydrogen) atoms. The van der Waals surface area contributed by atoms with Crippen LogP contribution in [0, 0.1) is 6.07 Å². The molecular formula is C8H9BrN. The summed E-state index contributed by atoms with van der Waals surface area (Å²) in [6, 6.07) is 8.98. The average Bonchev–Trinajstić information content (AvgIpc) is 2.04. The minimum absolute atomic E-state index is 0.596. The normalized spacial score (nSPS) is 9.80. The van der Waals surface area contributed by atoms with E-state index in [1.807, 2.05) is 18.2 Å². The monoisotopic (exact) mass is 198 g/mol. The molecule has 0 fully saturated rings. The summed E-state index contributed by atoms with van der Waals surface area (Å²) in [7, 11) is 0. The van der Waals surface area contributed by atoms with Crippen molar-refractivity contribution in [2.75, 3.05) is 0 Å². The lowest BCUT2D eigenvalue weighted by Gasteiger charge is -2.01. The molecule has 1 radical (unpaired) electrons. The predicted octanol–water partition coefficient (Wildman–Crippen LogP) is 1.84. The quantitative estimate of drug-likeness (QED) is 0.722. The third-order valence-electron chi connectivity index (χ3n) is 1.39. The molecule has 0 aliphatic heterocycles. The van der Waals surface area contributed by atoms with Crippen molar-refractivity contribution in [1.82, 2.24) is 0 Å². The van der Waals surface area contributed by atoms with Gasteiger partial charge in [-0.1, -0.05) is 34.1 Å². The van der Waals surface area contributed by atoms with Gasteiger partial charge in [-0.05, 0) is 17.2 Å². The second kappa shape index (κ2) is 3.74. The average molecular weight is 199 g/mol. The van der Waals surface area contributed by atoms with Crippen molar-refractivity contribution in [1.29, 1.82) is 0 Å². The van der Waals surface area contributed by atoms with Crippen LogP contribution < -0.4 is 5.73 Å². The molecule has 0 atom stereocenters. The lowest BCUT2D eigenvalue weighted by Crippen LogP contribution is -1.99. The van der Waals surface area contributed by atoms with E-state index in [4.69, 9.17) is 5.73 Å². The maximum Gasteiger partial charge on any atom is 0.0292 e. The highest BCUT2D eigenvalue weighted by Gasteiger charge is 1.95. The summed E-state index contributed by atoms with van der Waals surface area (Å²) in [4.78, 5) is 0. The molecule has 0 aromatic heterocycles. The number of hydrogen-bond donors (Lipinski definition) is 1. The molecule has 0 saturated heterocycles. The summed E-state index contributed by atoms with van der Waals surface area (Å²) in [5.41, 5.74) is 7.81. The Morgan fingerprint density at radius 3 is 2.90 bits per heavy atom. The molecule has 0 saturated carbocycles. The lowest BCUT2D eigenvalue weighted by atomic mass is 10.1. The zero-order valence-corrected chi connectivity index (χ0v) is 7.19. The summed E-state index contributed by atoms with van der Waals surface area (Å²) in [5.74, 6) is 0. The molecule has 2 N–H and O–H groups in total. The molecule has 0 unspecified atom stereocenters. The Labute approximate surface area is 69.4 Å². The van der Waals surface area contributed by atoms with Crippen LogP contribution in [0.1, 0.15) is 11.1 Å². The Bertz CT molecular complexity index is 187. The van der Waals surface area contributed by atoms with Crippen molar-refractivity contribution >= 4 is 15.9 Å². The van der Waals surface area contributed by atoms with Gasteiger partial charge in [0.15, 0.2) is 0 Å². The van der Waals surface area contributed by atoms with Crippen molar-refractivity contribution < 1.29 is 0 Å². The number of alkyl halides is 1. The minimum Gasteiger partial charge on any atom is -0.326 e. The van der Waals surface area contributed by atoms with Gasteiger partial charge in [0, 0.05) is 11.9 Å². The standard InChI is InChI=1S/C8H9BrN/c9-5-7-3-1-2-4-8(7)6-10/h1-2,4H,5-6,10H2. The van der Waals surface area contributed by atoms with E-state index in [0.717, 1.165) is 10.9 Å². The molecule has 0 heterocycles. The van der Waals surface area contributed by atoms with Crippen molar-refractivity contribution in [3.8, 4) is 0 Å². The van der Waals surface area contributed by atoms with Gasteiger partial charge >= 0.3 is 0 Å². The minimum atomic E-state index is 0.596.